The molecule has 5 heteroatoms. The molecule has 1 aromatic carbocycles. The third kappa shape index (κ3) is 4.27. The van der Waals surface area contributed by atoms with E-state index in [1.807, 2.05) is 30.3 Å². The molecule has 0 radical (unpaired) electrons. The number of rotatable bonds is 4. The summed E-state index contributed by atoms with van der Waals surface area (Å²) in [6.07, 6.45) is 4.43. The van der Waals surface area contributed by atoms with Crippen molar-refractivity contribution in [2.24, 2.45) is 11.8 Å². The van der Waals surface area contributed by atoms with Gasteiger partial charge in [0.2, 0.25) is 0 Å². The third-order valence-electron chi connectivity index (χ3n) is 6.87. The first-order valence-corrected chi connectivity index (χ1v) is 10.7. The first-order valence-electron chi connectivity index (χ1n) is 10.7. The van der Waals surface area contributed by atoms with Gasteiger partial charge in [0.1, 0.15) is 12.2 Å². The van der Waals surface area contributed by atoms with Crippen LogP contribution in [0.1, 0.15) is 52.5 Å². The number of aliphatic hydroxyl groups excluding tert-OH is 1. The second-order valence-corrected chi connectivity index (χ2v) is 9.54. The van der Waals surface area contributed by atoms with Crippen molar-refractivity contribution < 1.29 is 24.1 Å². The molecule has 0 bridgehead atoms. The summed E-state index contributed by atoms with van der Waals surface area (Å²) in [5, 5.41) is 11.1. The first-order chi connectivity index (χ1) is 13.7. The van der Waals surface area contributed by atoms with Crippen molar-refractivity contribution in [2.45, 2.75) is 82.6 Å². The Bertz CT molecular complexity index is 775. The Morgan fingerprint density at radius 3 is 2.62 bits per heavy atom. The summed E-state index contributed by atoms with van der Waals surface area (Å²) in [4.78, 5) is 12.6. The molecular formula is C24H32O5. The number of carbonyl (C=O) groups excluding carboxylic acids is 1. The normalized spacial score (nSPS) is 41.5. The molecule has 5 nitrogen and oxygen atoms in total. The van der Waals surface area contributed by atoms with Crippen molar-refractivity contribution in [2.75, 3.05) is 0 Å². The first kappa shape index (κ1) is 20.6. The molecule has 1 N–H and O–H groups in total. The molecule has 3 fully saturated rings. The SMILES string of the molecule is CC(C)[C@@H]1[C@H](O)[C@@H]2O[C@]2(C)CC[C@@H]2O[C@]2(C)C[C@@H]1OC(=O)C=Cc1ccccc1. The lowest BCUT2D eigenvalue weighted by atomic mass is 9.76. The molecule has 2 aliphatic heterocycles. The summed E-state index contributed by atoms with van der Waals surface area (Å²) in [5.74, 6) is -0.473. The summed E-state index contributed by atoms with van der Waals surface area (Å²) in [6.45, 7) is 8.27. The molecule has 1 saturated carbocycles. The summed E-state index contributed by atoms with van der Waals surface area (Å²) < 4.78 is 17.9. The number of carbonyl (C=O) groups is 1. The fraction of sp³-hybridized carbons (Fsp3) is 0.625. The van der Waals surface area contributed by atoms with Crippen molar-refractivity contribution in [3.8, 4) is 0 Å². The van der Waals surface area contributed by atoms with E-state index in [0.717, 1.165) is 18.4 Å². The fourth-order valence-electron chi connectivity index (χ4n) is 4.96. The maximum absolute atomic E-state index is 12.6. The van der Waals surface area contributed by atoms with Gasteiger partial charge in [-0.2, -0.15) is 0 Å². The van der Waals surface area contributed by atoms with E-state index in [4.69, 9.17) is 14.2 Å². The molecule has 7 atom stereocenters. The second-order valence-electron chi connectivity index (χ2n) is 9.54. The summed E-state index contributed by atoms with van der Waals surface area (Å²) in [6, 6.07) is 9.65. The molecule has 4 rings (SSSR count). The molecule has 3 aliphatic rings. The highest BCUT2D eigenvalue weighted by Gasteiger charge is 2.63. The number of hydrogen-bond donors (Lipinski definition) is 1. The van der Waals surface area contributed by atoms with Crippen LogP contribution in [0.25, 0.3) is 6.08 Å². The average molecular weight is 401 g/mol. The Balaban J connectivity index is 1.54. The van der Waals surface area contributed by atoms with Crippen molar-refractivity contribution in [3.63, 3.8) is 0 Å². The van der Waals surface area contributed by atoms with Crippen LogP contribution >= 0.6 is 0 Å². The zero-order valence-electron chi connectivity index (χ0n) is 17.7. The Hall–Kier alpha value is -1.69. The maximum Gasteiger partial charge on any atom is 0.331 e. The molecule has 2 saturated heterocycles. The van der Waals surface area contributed by atoms with E-state index < -0.39 is 18.2 Å². The second kappa shape index (κ2) is 7.53. The van der Waals surface area contributed by atoms with E-state index in [1.165, 1.54) is 6.08 Å². The molecule has 1 aromatic rings. The predicted octanol–water partition coefficient (Wildman–Crippen LogP) is 3.74. The van der Waals surface area contributed by atoms with Crippen LogP contribution in [0, 0.1) is 11.8 Å². The molecule has 0 aromatic heterocycles. The van der Waals surface area contributed by atoms with Gasteiger partial charge in [0.05, 0.1) is 23.4 Å². The van der Waals surface area contributed by atoms with Gasteiger partial charge in [0, 0.05) is 18.4 Å². The van der Waals surface area contributed by atoms with Crippen LogP contribution in [0.3, 0.4) is 0 Å². The fourth-order valence-corrected chi connectivity index (χ4v) is 4.96. The minimum absolute atomic E-state index is 0.134. The van der Waals surface area contributed by atoms with Crippen LogP contribution < -0.4 is 0 Å². The minimum atomic E-state index is -0.671. The van der Waals surface area contributed by atoms with E-state index >= 15 is 0 Å². The molecule has 29 heavy (non-hydrogen) atoms. The third-order valence-corrected chi connectivity index (χ3v) is 6.87. The van der Waals surface area contributed by atoms with Gasteiger partial charge in [-0.3, -0.25) is 0 Å². The van der Waals surface area contributed by atoms with E-state index in [2.05, 4.69) is 27.7 Å². The van der Waals surface area contributed by atoms with E-state index in [0.29, 0.717) is 6.42 Å². The highest BCUT2D eigenvalue weighted by molar-refractivity contribution is 5.87. The van der Waals surface area contributed by atoms with Gasteiger partial charge in [-0.25, -0.2) is 4.79 Å². The maximum atomic E-state index is 12.6. The molecule has 0 unspecified atom stereocenters. The molecular weight excluding hydrogens is 368 g/mol. The molecule has 1 aliphatic carbocycles. The smallest absolute Gasteiger partial charge is 0.331 e. The lowest BCUT2D eigenvalue weighted by molar-refractivity contribution is -0.152. The van der Waals surface area contributed by atoms with Gasteiger partial charge in [-0.1, -0.05) is 44.2 Å². The van der Waals surface area contributed by atoms with Crippen LogP contribution in [0.4, 0.5) is 0 Å². The van der Waals surface area contributed by atoms with E-state index in [-0.39, 0.29) is 35.2 Å². The zero-order chi connectivity index (χ0) is 20.8. The monoisotopic (exact) mass is 400 g/mol. The van der Waals surface area contributed by atoms with Gasteiger partial charge in [0.15, 0.2) is 0 Å². The molecule has 2 heterocycles. The van der Waals surface area contributed by atoms with E-state index in [1.54, 1.807) is 6.08 Å². The summed E-state index contributed by atoms with van der Waals surface area (Å²) in [5.41, 5.74) is 0.327. The number of benzene rings is 1. The highest BCUT2D eigenvalue weighted by atomic mass is 16.6. The molecule has 0 amide bonds. The quantitative estimate of drug-likeness (QED) is 0.474. The van der Waals surface area contributed by atoms with Crippen molar-refractivity contribution in [1.29, 1.82) is 0 Å². The molecule has 158 valence electrons. The van der Waals surface area contributed by atoms with Gasteiger partial charge in [-0.05, 0) is 44.2 Å². The lowest BCUT2D eigenvalue weighted by Gasteiger charge is -2.34. The number of ether oxygens (including phenoxy) is 3. The van der Waals surface area contributed by atoms with Crippen LogP contribution in [-0.2, 0) is 19.0 Å². The Kier molecular flexibility index (Phi) is 5.34. The largest absolute Gasteiger partial charge is 0.459 e. The Morgan fingerprint density at radius 1 is 1.21 bits per heavy atom. The predicted molar refractivity (Wildman–Crippen MR) is 110 cm³/mol. The summed E-state index contributed by atoms with van der Waals surface area (Å²) >= 11 is 0. The number of hydrogen-bond acceptors (Lipinski definition) is 5. The van der Waals surface area contributed by atoms with Gasteiger partial charge in [-0.15, -0.1) is 0 Å². The standard InChI is InChI=1S/C24H32O5/c1-15(2)20-17(27-19(25)11-10-16-8-6-5-7-9-16)14-24(4)18(28-24)12-13-23(3)22(29-23)21(20)26/h5-11,15,17-18,20-22,26H,12-14H2,1-4H3/t17-,18-,20-,21-,22-,23+,24+/m0/s1. The number of epoxide rings is 2. The number of aliphatic hydroxyl groups is 1. The number of esters is 1. The van der Waals surface area contributed by atoms with Gasteiger partial charge < -0.3 is 19.3 Å². The minimum Gasteiger partial charge on any atom is -0.459 e. The lowest BCUT2D eigenvalue weighted by Crippen LogP contribution is -2.45. The Labute approximate surface area is 173 Å². The highest BCUT2D eigenvalue weighted by Crippen LogP contribution is 2.52. The van der Waals surface area contributed by atoms with Gasteiger partial charge >= 0.3 is 5.97 Å². The summed E-state index contributed by atoms with van der Waals surface area (Å²) in [7, 11) is 0. The average Bonchev–Trinajstić information content (AvgIpc) is 3.53. The number of fused-ring (bicyclic) bond motifs is 2. The van der Waals surface area contributed by atoms with Crippen molar-refractivity contribution in [1.82, 2.24) is 0 Å². The van der Waals surface area contributed by atoms with Crippen LogP contribution in [0.5, 0.6) is 0 Å². The van der Waals surface area contributed by atoms with Crippen molar-refractivity contribution in [3.05, 3.63) is 42.0 Å². The Morgan fingerprint density at radius 2 is 1.93 bits per heavy atom. The van der Waals surface area contributed by atoms with Crippen LogP contribution in [0.15, 0.2) is 36.4 Å². The van der Waals surface area contributed by atoms with Crippen LogP contribution in [-0.4, -0.2) is 46.7 Å². The van der Waals surface area contributed by atoms with Crippen LogP contribution in [0.2, 0.25) is 0 Å². The van der Waals surface area contributed by atoms with E-state index in [9.17, 15) is 9.90 Å². The van der Waals surface area contributed by atoms with Crippen molar-refractivity contribution >= 4 is 12.0 Å². The zero-order valence-corrected chi connectivity index (χ0v) is 17.7. The van der Waals surface area contributed by atoms with Gasteiger partial charge in [0.25, 0.3) is 0 Å². The topological polar surface area (TPSA) is 71.6 Å². The molecule has 0 spiro atoms.